The van der Waals surface area contributed by atoms with Crippen LogP contribution in [-0.2, 0) is 6.18 Å². The fraction of sp³-hybridized carbons (Fsp3) is 0.125. The van der Waals surface area contributed by atoms with Crippen LogP contribution in [0.3, 0.4) is 0 Å². The van der Waals surface area contributed by atoms with Crippen LogP contribution in [0.25, 0.3) is 0 Å². The predicted octanol–water partition coefficient (Wildman–Crippen LogP) is -1.06. The number of carbonyl (C=O) groups excluding carboxylic acids is 1. The Morgan fingerprint density at radius 1 is 1.40 bits per heavy atom. The van der Waals surface area contributed by atoms with Gasteiger partial charge >= 0.3 is 57.6 Å². The molecule has 0 aliphatic heterocycles. The summed E-state index contributed by atoms with van der Waals surface area (Å²) in [5, 5.41) is 8.20. The standard InChI is InChI=1S/C8H6F3NO2.K.H/c9-8(10,11)6-3-1-2-5(4-6)7(13)12-14;;/h1-4,14H,(H,12,13);;/q;+1;-1. The first-order valence-corrected chi connectivity index (χ1v) is 3.57. The SMILES string of the molecule is O=C(NO)c1cccc(C(F)(F)F)c1.[H-].[K+]. The Balaban J connectivity index is 0. The number of benzene rings is 1. The largest absolute Gasteiger partial charge is 1.00 e. The van der Waals surface area contributed by atoms with Gasteiger partial charge in [-0.3, -0.25) is 10.0 Å². The van der Waals surface area contributed by atoms with Crippen LogP contribution in [-0.4, -0.2) is 11.1 Å². The quantitative estimate of drug-likeness (QED) is 0.376. The number of hydrogen-bond acceptors (Lipinski definition) is 2. The maximum absolute atomic E-state index is 12.1. The van der Waals surface area contributed by atoms with Gasteiger partial charge in [-0.25, -0.2) is 5.48 Å². The van der Waals surface area contributed by atoms with Crippen LogP contribution < -0.4 is 56.9 Å². The van der Waals surface area contributed by atoms with Gasteiger partial charge in [0.05, 0.1) is 5.56 Å². The van der Waals surface area contributed by atoms with Crippen molar-refractivity contribution in [2.75, 3.05) is 0 Å². The van der Waals surface area contributed by atoms with Crippen molar-refractivity contribution in [3.8, 4) is 0 Å². The first-order chi connectivity index (χ1) is 6.45. The molecular weight excluding hydrogens is 238 g/mol. The topological polar surface area (TPSA) is 49.3 Å². The molecule has 0 fully saturated rings. The fourth-order valence-corrected chi connectivity index (χ4v) is 0.901. The van der Waals surface area contributed by atoms with Crippen molar-refractivity contribution in [2.45, 2.75) is 6.18 Å². The summed E-state index contributed by atoms with van der Waals surface area (Å²) in [6, 6.07) is 3.76. The molecule has 3 nitrogen and oxygen atoms in total. The summed E-state index contributed by atoms with van der Waals surface area (Å²) in [7, 11) is 0. The summed E-state index contributed by atoms with van der Waals surface area (Å²) >= 11 is 0. The predicted molar refractivity (Wildman–Crippen MR) is 41.8 cm³/mol. The van der Waals surface area contributed by atoms with Crippen LogP contribution in [0.5, 0.6) is 0 Å². The number of alkyl halides is 3. The van der Waals surface area contributed by atoms with Crippen LogP contribution in [0, 0.1) is 0 Å². The van der Waals surface area contributed by atoms with Gasteiger partial charge in [0, 0.05) is 5.56 Å². The second-order valence-corrected chi connectivity index (χ2v) is 2.52. The molecule has 1 aromatic carbocycles. The third-order valence-corrected chi connectivity index (χ3v) is 1.55. The van der Waals surface area contributed by atoms with Crippen LogP contribution in [0.15, 0.2) is 24.3 Å². The molecule has 0 saturated carbocycles. The molecule has 1 aromatic rings. The van der Waals surface area contributed by atoms with Crippen LogP contribution in [0.4, 0.5) is 13.2 Å². The number of hydroxylamine groups is 1. The van der Waals surface area contributed by atoms with Gasteiger partial charge in [0.2, 0.25) is 0 Å². The Bertz CT molecular complexity index is 359. The van der Waals surface area contributed by atoms with Crippen LogP contribution >= 0.6 is 0 Å². The molecule has 7 heteroatoms. The van der Waals surface area contributed by atoms with E-state index < -0.39 is 17.6 Å². The Morgan fingerprint density at radius 2 is 2.00 bits per heavy atom. The van der Waals surface area contributed by atoms with Gasteiger partial charge in [0.15, 0.2) is 0 Å². The average molecular weight is 245 g/mol. The van der Waals surface area contributed by atoms with Gasteiger partial charge < -0.3 is 1.43 Å². The maximum Gasteiger partial charge on any atom is 1.00 e. The molecule has 78 valence electrons. The molecule has 0 aliphatic carbocycles. The van der Waals surface area contributed by atoms with Crippen molar-refractivity contribution < 1.29 is 76.0 Å². The summed E-state index contributed by atoms with van der Waals surface area (Å²) in [5.41, 5.74) is 0.0739. The molecule has 0 heterocycles. The van der Waals surface area contributed by atoms with Gasteiger partial charge in [-0.15, -0.1) is 0 Å². The molecule has 0 aliphatic rings. The molecule has 1 rings (SSSR count). The maximum atomic E-state index is 12.1. The molecule has 0 atom stereocenters. The van der Waals surface area contributed by atoms with Crippen molar-refractivity contribution in [2.24, 2.45) is 0 Å². The molecular formula is C8H7F3KNO2. The molecule has 1 amide bonds. The number of nitrogens with one attached hydrogen (secondary N) is 1. The van der Waals surface area contributed by atoms with Gasteiger partial charge in [0.1, 0.15) is 0 Å². The molecule has 15 heavy (non-hydrogen) atoms. The number of amides is 1. The van der Waals surface area contributed by atoms with E-state index in [0.717, 1.165) is 12.1 Å². The zero-order valence-corrected chi connectivity index (χ0v) is 10.9. The Hall–Kier alpha value is 0.0764. The fourth-order valence-electron chi connectivity index (χ4n) is 0.901. The minimum atomic E-state index is -4.49. The smallest absolute Gasteiger partial charge is 1.00 e. The summed E-state index contributed by atoms with van der Waals surface area (Å²) in [5.74, 6) is -0.976. The number of rotatable bonds is 1. The first kappa shape index (κ1) is 15.1. The molecule has 0 aromatic heterocycles. The molecule has 2 N–H and O–H groups in total. The average Bonchev–Trinajstić information content (AvgIpc) is 2.15. The third-order valence-electron chi connectivity index (χ3n) is 1.55. The van der Waals surface area contributed by atoms with E-state index in [0.29, 0.717) is 6.07 Å². The number of carbonyl (C=O) groups is 1. The van der Waals surface area contributed by atoms with E-state index in [9.17, 15) is 18.0 Å². The van der Waals surface area contributed by atoms with Crippen LogP contribution in [0.1, 0.15) is 17.3 Å². The van der Waals surface area contributed by atoms with E-state index in [-0.39, 0.29) is 58.4 Å². The van der Waals surface area contributed by atoms with Crippen molar-refractivity contribution in [3.05, 3.63) is 35.4 Å². The van der Waals surface area contributed by atoms with Gasteiger partial charge in [-0.05, 0) is 18.2 Å². The summed E-state index contributed by atoms with van der Waals surface area (Å²) in [6.07, 6.45) is -4.49. The van der Waals surface area contributed by atoms with Crippen molar-refractivity contribution in [1.29, 1.82) is 0 Å². The molecule has 0 radical (unpaired) electrons. The zero-order valence-electron chi connectivity index (χ0n) is 8.80. The van der Waals surface area contributed by atoms with Crippen molar-refractivity contribution in [1.82, 2.24) is 5.48 Å². The second kappa shape index (κ2) is 5.97. The zero-order chi connectivity index (χ0) is 10.8. The van der Waals surface area contributed by atoms with E-state index >= 15 is 0 Å². The van der Waals surface area contributed by atoms with E-state index in [1.165, 1.54) is 11.5 Å². The normalized spacial score (nSPS) is 10.4. The monoisotopic (exact) mass is 245 g/mol. The number of hydrogen-bond donors (Lipinski definition) is 2. The molecule has 0 unspecified atom stereocenters. The van der Waals surface area contributed by atoms with E-state index in [1.54, 1.807) is 0 Å². The minimum Gasteiger partial charge on any atom is -1.00 e. The van der Waals surface area contributed by atoms with E-state index in [4.69, 9.17) is 5.21 Å². The second-order valence-electron chi connectivity index (χ2n) is 2.52. The van der Waals surface area contributed by atoms with Crippen molar-refractivity contribution in [3.63, 3.8) is 0 Å². The summed E-state index contributed by atoms with van der Waals surface area (Å²) in [4.78, 5) is 10.8. The minimum absolute atomic E-state index is 0. The Kier molecular flexibility index (Phi) is 6.00. The van der Waals surface area contributed by atoms with Crippen molar-refractivity contribution >= 4 is 5.91 Å². The van der Waals surface area contributed by atoms with E-state index in [2.05, 4.69) is 0 Å². The van der Waals surface area contributed by atoms with Crippen LogP contribution in [0.2, 0.25) is 0 Å². The third kappa shape index (κ3) is 4.21. The Morgan fingerprint density at radius 3 is 2.47 bits per heavy atom. The van der Waals surface area contributed by atoms with Gasteiger partial charge in [-0.1, -0.05) is 6.07 Å². The molecule has 0 saturated heterocycles. The van der Waals surface area contributed by atoms with Gasteiger partial charge in [-0.2, -0.15) is 13.2 Å². The summed E-state index contributed by atoms with van der Waals surface area (Å²) in [6.45, 7) is 0. The van der Waals surface area contributed by atoms with E-state index in [1.807, 2.05) is 0 Å². The van der Waals surface area contributed by atoms with Gasteiger partial charge in [0.25, 0.3) is 5.91 Å². The molecule has 0 spiro atoms. The molecule has 0 bridgehead atoms. The summed E-state index contributed by atoms with van der Waals surface area (Å²) < 4.78 is 36.4. The Labute approximate surface area is 128 Å². The first-order valence-electron chi connectivity index (χ1n) is 3.57. The number of halogens is 3.